The van der Waals surface area contributed by atoms with Crippen LogP contribution in [0.3, 0.4) is 0 Å². The molecule has 82 valence electrons. The lowest BCUT2D eigenvalue weighted by Crippen LogP contribution is -2.26. The van der Waals surface area contributed by atoms with Gasteiger partial charge in [0.05, 0.1) is 11.5 Å². The van der Waals surface area contributed by atoms with E-state index in [0.717, 1.165) is 0 Å². The number of ether oxygens (including phenoxy) is 2. The third kappa shape index (κ3) is 7.05. The van der Waals surface area contributed by atoms with Gasteiger partial charge in [0.1, 0.15) is 19.3 Å². The van der Waals surface area contributed by atoms with Crippen LogP contribution in [0.2, 0.25) is 0 Å². The Morgan fingerprint density at radius 3 is 1.71 bits per heavy atom. The van der Waals surface area contributed by atoms with Gasteiger partial charge in [-0.05, 0) is 0 Å². The highest BCUT2D eigenvalue weighted by Crippen LogP contribution is 1.91. The maximum atomic E-state index is 10.6. The van der Waals surface area contributed by atoms with Gasteiger partial charge in [0, 0.05) is 0 Å². The van der Waals surface area contributed by atoms with E-state index in [4.69, 9.17) is 5.11 Å². The van der Waals surface area contributed by atoms with Crippen LogP contribution in [0.5, 0.6) is 0 Å². The highest BCUT2D eigenvalue weighted by atomic mass is 32.1. The number of hydrogen-bond donors (Lipinski definition) is 3. The topological polar surface area (TPSA) is 72.8 Å². The average Bonchev–Trinajstić information content (AvgIpc) is 2.22. The quantitative estimate of drug-likeness (QED) is 0.423. The van der Waals surface area contributed by atoms with Crippen molar-refractivity contribution in [2.24, 2.45) is 0 Å². The van der Waals surface area contributed by atoms with Gasteiger partial charge in [-0.2, -0.15) is 25.3 Å². The van der Waals surface area contributed by atoms with Gasteiger partial charge in [-0.1, -0.05) is 0 Å². The Morgan fingerprint density at radius 2 is 1.43 bits per heavy atom. The SMILES string of the molecule is O=C(CS)OCC(O)COC(=O)CS. The third-order valence-electron chi connectivity index (χ3n) is 1.13. The molecule has 0 aromatic carbocycles. The summed E-state index contributed by atoms with van der Waals surface area (Å²) in [6, 6.07) is 0. The second-order valence-corrected chi connectivity index (χ2v) is 2.97. The van der Waals surface area contributed by atoms with Crippen LogP contribution in [0.1, 0.15) is 0 Å². The number of carbonyl (C=O) groups excluding carboxylic acids is 2. The maximum absolute atomic E-state index is 10.6. The normalized spacial score (nSPS) is 10.0. The Hall–Kier alpha value is -0.400. The van der Waals surface area contributed by atoms with Crippen LogP contribution in [0.4, 0.5) is 0 Å². The molecule has 0 fully saturated rings. The molecule has 0 aliphatic rings. The Balaban J connectivity index is 3.50. The second kappa shape index (κ2) is 7.95. The van der Waals surface area contributed by atoms with Crippen LogP contribution < -0.4 is 0 Å². The molecule has 0 unspecified atom stereocenters. The van der Waals surface area contributed by atoms with Gasteiger partial charge in [-0.3, -0.25) is 9.59 Å². The van der Waals surface area contributed by atoms with Gasteiger partial charge in [-0.25, -0.2) is 0 Å². The Morgan fingerprint density at radius 1 is 1.07 bits per heavy atom. The predicted molar refractivity (Wildman–Crippen MR) is 55.6 cm³/mol. The summed E-state index contributed by atoms with van der Waals surface area (Å²) in [5.74, 6) is -1.17. The molecule has 0 heterocycles. The van der Waals surface area contributed by atoms with Crippen molar-refractivity contribution in [1.29, 1.82) is 0 Å². The Bertz CT molecular complexity index is 177. The van der Waals surface area contributed by atoms with Crippen molar-refractivity contribution in [3.8, 4) is 0 Å². The minimum absolute atomic E-state index is 0.0524. The number of esters is 2. The summed E-state index contributed by atoms with van der Waals surface area (Å²) in [6.07, 6.45) is -1.01. The molecule has 0 rings (SSSR count). The lowest BCUT2D eigenvalue weighted by Gasteiger charge is -2.10. The summed E-state index contributed by atoms with van der Waals surface area (Å²) < 4.78 is 9.09. The first-order chi connectivity index (χ1) is 6.60. The molecule has 0 aromatic heterocycles. The molecule has 0 atom stereocenters. The first-order valence-corrected chi connectivity index (χ1v) is 5.07. The molecule has 7 heteroatoms. The molecule has 0 aliphatic carbocycles. The average molecular weight is 240 g/mol. The zero-order valence-corrected chi connectivity index (χ0v) is 9.17. The van der Waals surface area contributed by atoms with E-state index in [0.29, 0.717) is 0 Å². The molecule has 14 heavy (non-hydrogen) atoms. The third-order valence-corrected chi connectivity index (χ3v) is 1.65. The zero-order valence-electron chi connectivity index (χ0n) is 7.38. The largest absolute Gasteiger partial charge is 0.462 e. The summed E-state index contributed by atoms with van der Waals surface area (Å²) in [6.45, 7) is -0.418. The van der Waals surface area contributed by atoms with Crippen molar-refractivity contribution in [2.75, 3.05) is 24.7 Å². The van der Waals surface area contributed by atoms with E-state index < -0.39 is 18.0 Å². The fraction of sp³-hybridized carbons (Fsp3) is 0.714. The number of aliphatic hydroxyl groups excluding tert-OH is 1. The summed E-state index contributed by atoms with van der Waals surface area (Å²) in [4.78, 5) is 21.2. The van der Waals surface area contributed by atoms with Crippen molar-refractivity contribution in [1.82, 2.24) is 0 Å². The fourth-order valence-electron chi connectivity index (χ4n) is 0.518. The number of aliphatic hydroxyl groups is 1. The summed E-state index contributed by atoms with van der Waals surface area (Å²) in [5, 5.41) is 9.13. The Kier molecular flexibility index (Phi) is 7.73. The number of thiol groups is 2. The molecule has 0 saturated heterocycles. The van der Waals surface area contributed by atoms with Gasteiger partial charge in [0.2, 0.25) is 0 Å². The highest BCUT2D eigenvalue weighted by Gasteiger charge is 2.10. The van der Waals surface area contributed by atoms with E-state index in [1.54, 1.807) is 0 Å². The van der Waals surface area contributed by atoms with E-state index in [1.807, 2.05) is 0 Å². The maximum Gasteiger partial charge on any atom is 0.315 e. The van der Waals surface area contributed by atoms with E-state index in [-0.39, 0.29) is 24.7 Å². The smallest absolute Gasteiger partial charge is 0.315 e. The monoisotopic (exact) mass is 240 g/mol. The van der Waals surface area contributed by atoms with E-state index in [1.165, 1.54) is 0 Å². The molecule has 0 aliphatic heterocycles. The molecule has 0 saturated carbocycles. The van der Waals surface area contributed by atoms with Crippen molar-refractivity contribution in [2.45, 2.75) is 6.10 Å². The van der Waals surface area contributed by atoms with Crippen LogP contribution in [0.15, 0.2) is 0 Å². The van der Waals surface area contributed by atoms with Crippen molar-refractivity contribution < 1.29 is 24.2 Å². The van der Waals surface area contributed by atoms with E-state index in [2.05, 4.69) is 34.7 Å². The molecule has 1 N–H and O–H groups in total. The fourth-order valence-corrected chi connectivity index (χ4v) is 0.700. The first kappa shape index (κ1) is 13.6. The first-order valence-electron chi connectivity index (χ1n) is 3.81. The molecule has 5 nitrogen and oxygen atoms in total. The number of hydrogen-bond acceptors (Lipinski definition) is 7. The van der Waals surface area contributed by atoms with Crippen molar-refractivity contribution in [3.63, 3.8) is 0 Å². The molecular formula is C7H12O5S2. The van der Waals surface area contributed by atoms with Crippen LogP contribution >= 0.6 is 25.3 Å². The molecule has 0 amide bonds. The van der Waals surface area contributed by atoms with Crippen LogP contribution in [-0.2, 0) is 19.1 Å². The minimum Gasteiger partial charge on any atom is -0.462 e. The van der Waals surface area contributed by atoms with Gasteiger partial charge >= 0.3 is 11.9 Å². The molecule has 0 radical (unpaired) electrons. The van der Waals surface area contributed by atoms with Crippen molar-refractivity contribution in [3.05, 3.63) is 0 Å². The van der Waals surface area contributed by atoms with Gasteiger partial charge < -0.3 is 14.6 Å². The van der Waals surface area contributed by atoms with Crippen LogP contribution in [-0.4, -0.2) is 47.9 Å². The molecule has 0 bridgehead atoms. The lowest BCUT2D eigenvalue weighted by atomic mass is 10.4. The Labute approximate surface area is 92.6 Å². The van der Waals surface area contributed by atoms with Gasteiger partial charge in [0.15, 0.2) is 0 Å². The number of carbonyl (C=O) groups is 2. The molecular weight excluding hydrogens is 228 g/mol. The summed E-state index contributed by atoms with van der Waals surface area (Å²) >= 11 is 7.33. The molecule has 0 aromatic rings. The van der Waals surface area contributed by atoms with E-state index >= 15 is 0 Å². The standard InChI is InChI=1S/C7H12O5S2/c8-5(1-11-6(9)3-13)2-12-7(10)4-14/h5,8,13-14H,1-4H2. The van der Waals surface area contributed by atoms with Gasteiger partial charge in [-0.15, -0.1) is 0 Å². The molecule has 0 spiro atoms. The second-order valence-electron chi connectivity index (χ2n) is 2.34. The minimum atomic E-state index is -1.01. The lowest BCUT2D eigenvalue weighted by molar-refractivity contribution is -0.148. The predicted octanol–water partition coefficient (Wildman–Crippen LogP) is -0.707. The zero-order chi connectivity index (χ0) is 11.0. The van der Waals surface area contributed by atoms with Crippen molar-refractivity contribution >= 4 is 37.2 Å². The van der Waals surface area contributed by atoms with Gasteiger partial charge in [0.25, 0.3) is 0 Å². The highest BCUT2D eigenvalue weighted by molar-refractivity contribution is 7.81. The van der Waals surface area contributed by atoms with E-state index in [9.17, 15) is 9.59 Å². The number of rotatable bonds is 6. The van der Waals surface area contributed by atoms with Crippen LogP contribution in [0, 0.1) is 0 Å². The summed E-state index contributed by atoms with van der Waals surface area (Å²) in [7, 11) is 0. The van der Waals surface area contributed by atoms with Crippen LogP contribution in [0.25, 0.3) is 0 Å². The summed E-state index contributed by atoms with van der Waals surface area (Å²) in [5.41, 5.74) is 0.